The second-order valence-electron chi connectivity index (χ2n) is 15.2. The number of fused-ring (bicyclic) bond motifs is 8. The van der Waals surface area contributed by atoms with Crippen molar-refractivity contribution in [1.29, 1.82) is 0 Å². The van der Waals surface area contributed by atoms with Crippen molar-refractivity contribution in [3.8, 4) is 40.2 Å². The van der Waals surface area contributed by atoms with Gasteiger partial charge in [0, 0.05) is 66.2 Å². The number of aromatic nitrogens is 2. The summed E-state index contributed by atoms with van der Waals surface area (Å²) in [6, 6.07) is 17.8. The van der Waals surface area contributed by atoms with Crippen LogP contribution in [-0.4, -0.2) is 80.6 Å². The number of benzene rings is 4. The summed E-state index contributed by atoms with van der Waals surface area (Å²) >= 11 is 0. The summed E-state index contributed by atoms with van der Waals surface area (Å²) in [5, 5.41) is 7.99. The summed E-state index contributed by atoms with van der Waals surface area (Å²) in [7, 11) is 2.14. The number of rotatable bonds is 5. The van der Waals surface area contributed by atoms with E-state index in [9.17, 15) is 0 Å². The minimum atomic E-state index is -0.467. The lowest BCUT2D eigenvalue weighted by atomic mass is 10.1. The Balaban J connectivity index is 0.895. The maximum absolute atomic E-state index is 6.52. The van der Waals surface area contributed by atoms with Gasteiger partial charge in [0.1, 0.15) is 24.1 Å². The Bertz CT molecular complexity index is 2630. The first-order valence-electron chi connectivity index (χ1n) is 20.7. The summed E-state index contributed by atoms with van der Waals surface area (Å²) in [5.41, 5.74) is 6.07. The van der Waals surface area contributed by atoms with Crippen LogP contribution in [0.2, 0.25) is 0 Å². The summed E-state index contributed by atoms with van der Waals surface area (Å²) in [6.45, 7) is 3.60. The van der Waals surface area contributed by atoms with Crippen molar-refractivity contribution in [3.05, 3.63) is 102 Å². The van der Waals surface area contributed by atoms with Crippen LogP contribution in [-0.2, 0) is 6.54 Å². The highest BCUT2D eigenvalue weighted by molar-refractivity contribution is 5.95. The number of nitrogens with one attached hydrogen (secondary N) is 2. The Labute approximate surface area is 358 Å². The third-order valence-corrected chi connectivity index (χ3v) is 11.0. The van der Waals surface area contributed by atoms with Crippen LogP contribution in [0.15, 0.2) is 101 Å². The molecule has 0 radical (unpaired) electrons. The minimum absolute atomic E-state index is 0.128. The lowest BCUT2D eigenvalue weighted by Crippen LogP contribution is -2.30. The number of hydrogen-bond donors (Lipinski definition) is 2. The molecule has 6 heterocycles. The van der Waals surface area contributed by atoms with Crippen LogP contribution in [0.5, 0.6) is 40.2 Å². The van der Waals surface area contributed by atoms with Crippen molar-refractivity contribution in [2.45, 2.75) is 38.4 Å². The molecule has 0 fully saturated rings. The van der Waals surface area contributed by atoms with E-state index >= 15 is 0 Å². The molecule has 62 heavy (non-hydrogen) atoms. The molecule has 10 rings (SSSR count). The van der Waals surface area contributed by atoms with E-state index in [1.165, 1.54) is 0 Å². The van der Waals surface area contributed by atoms with Gasteiger partial charge in [0.15, 0.2) is 34.5 Å². The normalized spacial score (nSPS) is 19.4. The molecule has 0 aliphatic carbocycles. The van der Waals surface area contributed by atoms with Crippen molar-refractivity contribution in [2.24, 2.45) is 15.0 Å². The topological polar surface area (TPSA) is 158 Å². The predicted octanol–water partition coefficient (Wildman–Crippen LogP) is 8.12. The quantitative estimate of drug-likeness (QED) is 0.164. The van der Waals surface area contributed by atoms with Crippen molar-refractivity contribution in [2.75, 3.05) is 62.5 Å². The van der Waals surface area contributed by atoms with Gasteiger partial charge in [0.2, 0.25) is 13.6 Å². The fraction of sp³-hybridized carbons (Fsp3) is 0.283. The Kier molecular flexibility index (Phi) is 11.1. The predicted molar refractivity (Wildman–Crippen MR) is 237 cm³/mol. The lowest BCUT2D eigenvalue weighted by molar-refractivity contribution is 0.174. The van der Waals surface area contributed by atoms with Crippen LogP contribution in [0.4, 0.5) is 22.9 Å². The van der Waals surface area contributed by atoms with Crippen LogP contribution in [0, 0.1) is 0 Å². The highest BCUT2D eigenvalue weighted by Crippen LogP contribution is 2.46. The molecule has 16 heteroatoms. The molecule has 0 saturated heterocycles. The van der Waals surface area contributed by atoms with Gasteiger partial charge in [-0.25, -0.2) is 15.0 Å². The number of anilines is 4. The molecule has 1 aromatic heterocycles. The highest BCUT2D eigenvalue weighted by Gasteiger charge is 2.28. The van der Waals surface area contributed by atoms with Crippen LogP contribution in [0.1, 0.15) is 48.5 Å². The van der Waals surface area contributed by atoms with Gasteiger partial charge in [0.05, 0.1) is 42.7 Å². The molecule has 0 spiro atoms. The molecule has 1 atom stereocenters. The van der Waals surface area contributed by atoms with Crippen LogP contribution in [0.3, 0.4) is 0 Å². The second kappa shape index (κ2) is 17.7. The van der Waals surface area contributed by atoms with E-state index in [-0.39, 0.29) is 13.6 Å². The van der Waals surface area contributed by atoms with Gasteiger partial charge in [-0.1, -0.05) is 6.07 Å². The molecule has 5 aliphatic rings. The number of hydrogen-bond acceptors (Lipinski definition) is 16. The zero-order valence-electron chi connectivity index (χ0n) is 34.2. The smallest absolute Gasteiger partial charge is 0.231 e. The first-order chi connectivity index (χ1) is 30.6. The van der Waals surface area contributed by atoms with Crippen molar-refractivity contribution in [3.63, 3.8) is 0 Å². The van der Waals surface area contributed by atoms with Crippen LogP contribution < -0.4 is 48.7 Å². The van der Waals surface area contributed by atoms with Gasteiger partial charge in [-0.2, -0.15) is 0 Å². The first kappa shape index (κ1) is 38.8. The summed E-state index contributed by atoms with van der Waals surface area (Å²) in [6.07, 6.45) is 16.5. The summed E-state index contributed by atoms with van der Waals surface area (Å²) in [5.74, 6) is 5.19. The largest absolute Gasteiger partial charge is 0.490 e. The monoisotopic (exact) mass is 835 g/mol. The van der Waals surface area contributed by atoms with Gasteiger partial charge in [-0.3, -0.25) is 9.98 Å². The van der Waals surface area contributed by atoms with Crippen LogP contribution >= 0.6 is 0 Å². The summed E-state index contributed by atoms with van der Waals surface area (Å²) in [4.78, 5) is 27.4. The molecule has 1 unspecified atom stereocenters. The van der Waals surface area contributed by atoms with E-state index in [1.54, 1.807) is 43.5 Å². The first-order valence-corrected chi connectivity index (χ1v) is 20.7. The molecule has 5 aromatic rings. The van der Waals surface area contributed by atoms with E-state index in [4.69, 9.17) is 38.2 Å². The molecule has 2 N–H and O–H groups in total. The number of ether oxygens (including phenoxy) is 7. The standard InChI is InChI=1S/C46H45N9O7/c1-54-16-3-2-4-18-57-39-22-33-35(49-26-50-45(33)53-42-31(25-54)8-12-38-44(42)62-29-60-38)23-40(39)58-20-6-17-55-27-51-46-34-21-32(9-10-36(34)55)56-19-5-13-47-14-15-48-24-30-7-11-37-43(41(30)52-46)61-28-59-37/h5,7-15,19,21-24,26-27,46,52H,2-4,6,16-18,20,25,28-29H2,1H3,(H,49,50,53)/b15-14-,19-5-,47-13-,48-24?. The molecule has 4 bridgehead atoms. The molecular weight excluding hydrogens is 791 g/mol. The Morgan fingerprint density at radius 1 is 0.839 bits per heavy atom. The fourth-order valence-corrected chi connectivity index (χ4v) is 7.92. The Hall–Kier alpha value is -7.33. The maximum atomic E-state index is 6.52. The van der Waals surface area contributed by atoms with Crippen molar-refractivity contribution < 1.29 is 33.2 Å². The average Bonchev–Trinajstić information content (AvgIpc) is 3.98. The number of nitrogens with zero attached hydrogens (tertiary/aromatic N) is 7. The SMILES string of the molecule is CN1CCCCCOc2cc3c(ncnc3cc2OCCCN2C=NC3Nc4c(ccc5c4OCO5)C=N\C=C/N=C\C=C/Oc4ccc2c3c4)Nc2c(ccc3c2OCO3)C1. The molecular formula is C46H45N9O7. The van der Waals surface area contributed by atoms with E-state index in [0.717, 1.165) is 77.0 Å². The second-order valence-corrected chi connectivity index (χ2v) is 15.2. The maximum Gasteiger partial charge on any atom is 0.231 e. The molecule has 5 aliphatic heterocycles. The fourth-order valence-electron chi connectivity index (χ4n) is 7.92. The lowest BCUT2D eigenvalue weighted by Gasteiger charge is -2.31. The minimum Gasteiger partial charge on any atom is -0.490 e. The molecule has 16 nitrogen and oxygen atoms in total. The average molecular weight is 836 g/mol. The zero-order chi connectivity index (χ0) is 41.7. The van der Waals surface area contributed by atoms with Gasteiger partial charge in [0.25, 0.3) is 0 Å². The zero-order valence-corrected chi connectivity index (χ0v) is 34.2. The van der Waals surface area contributed by atoms with Crippen LogP contribution in [0.25, 0.3) is 10.9 Å². The van der Waals surface area contributed by atoms with E-state index in [1.807, 2.05) is 54.9 Å². The Morgan fingerprint density at radius 3 is 2.63 bits per heavy atom. The van der Waals surface area contributed by atoms with E-state index < -0.39 is 6.17 Å². The molecule has 0 saturated carbocycles. The summed E-state index contributed by atoms with van der Waals surface area (Å²) < 4.78 is 42.3. The highest BCUT2D eigenvalue weighted by atomic mass is 16.7. The van der Waals surface area contributed by atoms with E-state index in [2.05, 4.69) is 53.5 Å². The van der Waals surface area contributed by atoms with E-state index in [0.29, 0.717) is 72.2 Å². The van der Waals surface area contributed by atoms with Gasteiger partial charge in [-0.15, -0.1) is 0 Å². The van der Waals surface area contributed by atoms with Gasteiger partial charge < -0.3 is 53.6 Å². The Morgan fingerprint density at radius 2 is 1.71 bits per heavy atom. The number of allylic oxidation sites excluding steroid dienone is 1. The van der Waals surface area contributed by atoms with Gasteiger partial charge in [-0.05, 0) is 93.4 Å². The molecule has 0 amide bonds. The van der Waals surface area contributed by atoms with Crippen molar-refractivity contribution in [1.82, 2.24) is 14.9 Å². The number of aliphatic imine (C=N–C) groups is 3. The third kappa shape index (κ3) is 8.24. The van der Waals surface area contributed by atoms with Gasteiger partial charge >= 0.3 is 0 Å². The third-order valence-electron chi connectivity index (χ3n) is 11.0. The molecule has 4 aromatic carbocycles. The van der Waals surface area contributed by atoms with Crippen molar-refractivity contribution >= 4 is 52.6 Å². The molecule has 316 valence electrons.